The van der Waals surface area contributed by atoms with Crippen LogP contribution in [-0.4, -0.2) is 76.9 Å². The quantitative estimate of drug-likeness (QED) is 0.605. The van der Waals surface area contributed by atoms with E-state index in [1.54, 1.807) is 14.0 Å². The van der Waals surface area contributed by atoms with Gasteiger partial charge >= 0.3 is 6.09 Å². The number of primary amides is 1. The molecule has 0 aromatic rings. The maximum atomic E-state index is 13.2. The van der Waals surface area contributed by atoms with Crippen LogP contribution < -0.4 is 5.73 Å². The summed E-state index contributed by atoms with van der Waals surface area (Å²) in [6.07, 6.45) is -0.925. The molecule has 1 amide bonds. The average molecular weight is 334 g/mol. The van der Waals surface area contributed by atoms with Crippen molar-refractivity contribution in [2.75, 3.05) is 20.3 Å². The van der Waals surface area contributed by atoms with Gasteiger partial charge in [-0.1, -0.05) is 0 Å². The van der Waals surface area contributed by atoms with E-state index in [1.165, 1.54) is 0 Å². The summed E-state index contributed by atoms with van der Waals surface area (Å²) in [6.45, 7) is 2.18. The van der Waals surface area contributed by atoms with Crippen molar-refractivity contribution in [1.29, 1.82) is 5.41 Å². The number of hydrogen-bond acceptors (Lipinski definition) is 8. The van der Waals surface area contributed by atoms with Crippen LogP contribution in [0.5, 0.6) is 0 Å². The number of hydrogen-bond donors (Lipinski definition) is 2. The van der Waals surface area contributed by atoms with Crippen molar-refractivity contribution in [3.8, 4) is 0 Å². The van der Waals surface area contributed by atoms with Crippen molar-refractivity contribution >= 4 is 23.4 Å². The van der Waals surface area contributed by atoms with Gasteiger partial charge in [0.05, 0.1) is 29.5 Å². The molecule has 0 aromatic heterocycles. The van der Waals surface area contributed by atoms with Crippen LogP contribution in [0.25, 0.3) is 0 Å². The smallest absolute Gasteiger partial charge is 0.404 e. The summed E-state index contributed by atoms with van der Waals surface area (Å²) in [5.74, 6) is -2.47. The zero-order valence-electron chi connectivity index (χ0n) is 13.3. The number of methoxy groups -OCH3 is 1. The number of Topliss-reactive ketones (excluding diaryl/α,β-unsaturated/α-hetero) is 2. The maximum Gasteiger partial charge on any atom is 0.404 e. The van der Waals surface area contributed by atoms with Crippen molar-refractivity contribution in [2.24, 2.45) is 23.5 Å². The highest BCUT2D eigenvalue weighted by molar-refractivity contribution is 6.47. The minimum absolute atomic E-state index is 0.0245. The Hall–Kier alpha value is -1.84. The molecule has 1 spiro atoms. The number of rotatable bonds is 3. The van der Waals surface area contributed by atoms with Crippen LogP contribution in [0.4, 0.5) is 4.79 Å². The second kappa shape index (κ2) is 3.87. The number of nitrogens with two attached hydrogens (primary N) is 1. The first-order valence-electron chi connectivity index (χ1n) is 8.05. The number of carbonyl (C=O) groups is 3. The molecule has 5 heterocycles. The molecule has 128 valence electrons. The number of nitrogens with zero attached hydrogens (tertiary/aromatic N) is 2. The fourth-order valence-corrected chi connectivity index (χ4v) is 6.09. The van der Waals surface area contributed by atoms with E-state index in [1.807, 2.05) is 4.90 Å². The third kappa shape index (κ3) is 1.10. The van der Waals surface area contributed by atoms with Gasteiger partial charge in [0, 0.05) is 19.7 Å². The summed E-state index contributed by atoms with van der Waals surface area (Å²) in [5, 5.41) is 8.06. The van der Waals surface area contributed by atoms with Crippen molar-refractivity contribution in [3.05, 3.63) is 0 Å². The first kappa shape index (κ1) is 14.5. The molecule has 0 radical (unpaired) electrons. The van der Waals surface area contributed by atoms with Crippen LogP contribution in [0.15, 0.2) is 0 Å². The number of ketones is 2. The Balaban J connectivity index is 1.68. The molecule has 1 saturated carbocycles. The Morgan fingerprint density at radius 2 is 2.17 bits per heavy atom. The van der Waals surface area contributed by atoms with Gasteiger partial charge in [-0.2, -0.15) is 0 Å². The fourth-order valence-electron chi connectivity index (χ4n) is 6.09. The van der Waals surface area contributed by atoms with Gasteiger partial charge in [0.15, 0.2) is 11.6 Å². The van der Waals surface area contributed by atoms with E-state index in [9.17, 15) is 14.4 Å². The summed E-state index contributed by atoms with van der Waals surface area (Å²) in [6, 6.07) is 0.207. The number of amides is 1. The molecule has 6 rings (SSSR count). The van der Waals surface area contributed by atoms with Gasteiger partial charge in [-0.3, -0.25) is 14.5 Å². The van der Waals surface area contributed by atoms with E-state index in [4.69, 9.17) is 20.6 Å². The molecule has 1 aliphatic carbocycles. The Bertz CT molecular complexity index is 739. The largest absolute Gasteiger partial charge is 0.449 e. The molecule has 6 aliphatic rings. The van der Waals surface area contributed by atoms with E-state index in [2.05, 4.69) is 4.90 Å². The highest BCUT2D eigenvalue weighted by atomic mass is 16.6. The molecule has 6 bridgehead atoms. The fraction of sp³-hybridized carbons (Fsp3) is 0.733. The molecule has 0 aromatic carbocycles. The summed E-state index contributed by atoms with van der Waals surface area (Å²) in [7, 11) is 1.56. The van der Waals surface area contributed by atoms with Gasteiger partial charge < -0.3 is 20.6 Å². The minimum Gasteiger partial charge on any atom is -0.449 e. The van der Waals surface area contributed by atoms with Crippen LogP contribution in [0.2, 0.25) is 0 Å². The third-order valence-corrected chi connectivity index (χ3v) is 6.79. The van der Waals surface area contributed by atoms with Crippen LogP contribution in [-0.2, 0) is 19.1 Å². The van der Waals surface area contributed by atoms with Gasteiger partial charge in [0.25, 0.3) is 0 Å². The lowest BCUT2D eigenvalue weighted by molar-refractivity contribution is -0.146. The van der Waals surface area contributed by atoms with E-state index in [0.717, 1.165) is 0 Å². The summed E-state index contributed by atoms with van der Waals surface area (Å²) >= 11 is 0. The van der Waals surface area contributed by atoms with Gasteiger partial charge in [-0.15, -0.1) is 0 Å². The summed E-state index contributed by atoms with van der Waals surface area (Å²) < 4.78 is 10.9. The van der Waals surface area contributed by atoms with E-state index in [0.29, 0.717) is 6.54 Å². The second-order valence-corrected chi connectivity index (χ2v) is 7.29. The first-order valence-corrected chi connectivity index (χ1v) is 8.05. The van der Waals surface area contributed by atoms with Crippen LogP contribution in [0, 0.1) is 23.2 Å². The molecular weight excluding hydrogens is 316 g/mol. The van der Waals surface area contributed by atoms with Crippen molar-refractivity contribution in [2.45, 2.75) is 30.4 Å². The SMILES string of the molecule is CO[C@]12[C@H](COC(N)=O)[C@H]3C(=O)C(=N)[C@H](C)C(=O)[C@]34N3[C@H]1[C@@H]3CN24. The normalized spacial score (nSPS) is 55.8. The van der Waals surface area contributed by atoms with Crippen molar-refractivity contribution in [3.63, 3.8) is 0 Å². The van der Waals surface area contributed by atoms with Crippen LogP contribution in [0.1, 0.15) is 6.92 Å². The highest BCUT2D eigenvalue weighted by Gasteiger charge is 2.96. The number of nitrogens with one attached hydrogen (secondary N) is 1. The molecule has 6 fully saturated rings. The van der Waals surface area contributed by atoms with Gasteiger partial charge in [0.1, 0.15) is 18.0 Å². The third-order valence-electron chi connectivity index (χ3n) is 6.79. The Kier molecular flexibility index (Phi) is 2.34. The molecule has 24 heavy (non-hydrogen) atoms. The molecule has 9 heteroatoms. The van der Waals surface area contributed by atoms with Gasteiger partial charge in [-0.05, 0) is 6.92 Å². The van der Waals surface area contributed by atoms with Crippen molar-refractivity contribution in [1.82, 2.24) is 9.80 Å². The van der Waals surface area contributed by atoms with Crippen molar-refractivity contribution < 1.29 is 23.9 Å². The monoisotopic (exact) mass is 334 g/mol. The lowest BCUT2D eigenvalue weighted by atomic mass is 9.66. The van der Waals surface area contributed by atoms with E-state index < -0.39 is 35.2 Å². The molecule has 5 saturated heterocycles. The average Bonchev–Trinajstić information content (AvgIpc) is 2.87. The zero-order chi connectivity index (χ0) is 17.2. The Labute approximate surface area is 137 Å². The molecule has 9 nitrogen and oxygen atoms in total. The summed E-state index contributed by atoms with van der Waals surface area (Å²) in [5.41, 5.74) is 3.05. The lowest BCUT2D eigenvalue weighted by Gasteiger charge is -2.42. The molecule has 3 N–H and O–H groups in total. The molecule has 2 unspecified atom stereocenters. The van der Waals surface area contributed by atoms with Gasteiger partial charge in [-0.25, -0.2) is 9.69 Å². The number of carbonyl (C=O) groups excluding carboxylic acids is 3. The standard InChI is InChI=1S/C15H18N4O5/c1-5-9(16)10(20)8-6(4-24-13(17)22)15(23-2)11-7-3-18(15)14(8,12(5)21)19(7)11/h5-8,11,16H,3-4H2,1-2H3,(H2,17,22)/t5-,6+,7-,8-,11-,14+,15+,19?/m0/s1. The van der Waals surface area contributed by atoms with Crippen LogP contribution >= 0.6 is 0 Å². The van der Waals surface area contributed by atoms with Gasteiger partial charge in [0.2, 0.25) is 0 Å². The molecular formula is C15H18N4O5. The van der Waals surface area contributed by atoms with Crippen LogP contribution in [0.3, 0.4) is 0 Å². The maximum absolute atomic E-state index is 13.2. The zero-order valence-corrected chi connectivity index (χ0v) is 13.3. The number of piperazine rings is 1. The summed E-state index contributed by atoms with van der Waals surface area (Å²) in [4.78, 5) is 41.3. The van der Waals surface area contributed by atoms with E-state index in [-0.39, 0.29) is 36.0 Å². The lowest BCUT2D eigenvalue weighted by Crippen LogP contribution is -2.65. The molecule has 9 atom stereocenters. The highest BCUT2D eigenvalue weighted by Crippen LogP contribution is 2.74. The molecule has 5 aliphatic heterocycles. The minimum atomic E-state index is -1.04. The second-order valence-electron chi connectivity index (χ2n) is 7.29. The Morgan fingerprint density at radius 1 is 1.46 bits per heavy atom. The topological polar surface area (TPSA) is 126 Å². The van der Waals surface area contributed by atoms with E-state index >= 15 is 0 Å². The Morgan fingerprint density at radius 3 is 2.75 bits per heavy atom. The first-order chi connectivity index (χ1) is 11.3. The predicted octanol–water partition coefficient (Wildman–Crippen LogP) is -1.44. The number of ether oxygens (including phenoxy) is 2. The predicted molar refractivity (Wildman–Crippen MR) is 78.0 cm³/mol. The number of piperidine rings is 1.